The molecule has 1 aliphatic carbocycles. The number of anilines is 1. The van der Waals surface area contributed by atoms with Crippen molar-refractivity contribution < 1.29 is 4.79 Å². The molecule has 2 heterocycles. The highest BCUT2D eigenvalue weighted by molar-refractivity contribution is 6.03. The highest BCUT2D eigenvalue weighted by Crippen LogP contribution is 2.36. The van der Waals surface area contributed by atoms with Crippen LogP contribution in [0.4, 0.5) is 5.82 Å². The van der Waals surface area contributed by atoms with E-state index in [9.17, 15) is 4.79 Å². The summed E-state index contributed by atoms with van der Waals surface area (Å²) >= 11 is 0. The van der Waals surface area contributed by atoms with E-state index in [1.165, 1.54) is 0 Å². The van der Waals surface area contributed by atoms with Crippen LogP contribution in [0.3, 0.4) is 0 Å². The predicted octanol–water partition coefficient (Wildman–Crippen LogP) is 3.27. The van der Waals surface area contributed by atoms with Crippen LogP contribution in [0.1, 0.15) is 40.6 Å². The maximum absolute atomic E-state index is 12.5. The Balaban J connectivity index is 1.53. The van der Waals surface area contributed by atoms with Crippen molar-refractivity contribution in [2.75, 3.05) is 5.32 Å². The van der Waals surface area contributed by atoms with Gasteiger partial charge in [-0.1, -0.05) is 0 Å². The van der Waals surface area contributed by atoms with Crippen molar-refractivity contribution >= 4 is 11.7 Å². The fraction of sp³-hybridized carbons (Fsp3) is 0.278. The van der Waals surface area contributed by atoms with E-state index in [0.29, 0.717) is 11.6 Å². The average Bonchev–Trinajstić information content (AvgIpc) is 3.22. The van der Waals surface area contributed by atoms with Gasteiger partial charge in [-0.2, -0.15) is 10.2 Å². The predicted molar refractivity (Wildman–Crippen MR) is 91.5 cm³/mol. The van der Waals surface area contributed by atoms with Crippen molar-refractivity contribution in [3.05, 3.63) is 59.5 Å². The van der Waals surface area contributed by atoms with E-state index in [-0.39, 0.29) is 5.91 Å². The minimum absolute atomic E-state index is 0.127. The minimum Gasteiger partial charge on any atom is -0.307 e. The van der Waals surface area contributed by atoms with E-state index in [4.69, 9.17) is 0 Å². The molecule has 0 spiro atoms. The van der Waals surface area contributed by atoms with Crippen molar-refractivity contribution in [1.29, 1.82) is 0 Å². The monoisotopic (exact) mass is 321 g/mol. The molecular weight excluding hydrogens is 302 g/mol. The third kappa shape index (κ3) is 2.71. The first-order chi connectivity index (χ1) is 11.6. The highest BCUT2D eigenvalue weighted by atomic mass is 16.1. The molecule has 0 unspecified atom stereocenters. The van der Waals surface area contributed by atoms with Gasteiger partial charge in [0.15, 0.2) is 0 Å². The highest BCUT2D eigenvalue weighted by Gasteiger charge is 2.26. The van der Waals surface area contributed by atoms with Gasteiger partial charge in [-0.3, -0.25) is 4.79 Å². The zero-order chi connectivity index (χ0) is 16.7. The summed E-state index contributed by atoms with van der Waals surface area (Å²) in [5.41, 5.74) is 3.60. The zero-order valence-electron chi connectivity index (χ0n) is 13.7. The van der Waals surface area contributed by atoms with E-state index in [0.717, 1.165) is 35.7 Å². The molecule has 0 bridgehead atoms. The van der Waals surface area contributed by atoms with E-state index >= 15 is 0 Å². The summed E-state index contributed by atoms with van der Waals surface area (Å²) in [4.78, 5) is 12.5. The number of aromatic nitrogens is 4. The second-order valence-corrected chi connectivity index (χ2v) is 6.23. The van der Waals surface area contributed by atoms with Gasteiger partial charge in [-0.05, 0) is 57.0 Å². The zero-order valence-corrected chi connectivity index (χ0v) is 13.7. The molecule has 1 saturated carbocycles. The van der Waals surface area contributed by atoms with Crippen LogP contribution in [0.5, 0.6) is 0 Å². The molecule has 0 radical (unpaired) electrons. The van der Waals surface area contributed by atoms with Crippen LogP contribution >= 0.6 is 0 Å². The third-order valence-corrected chi connectivity index (χ3v) is 4.19. The molecular formula is C18H19N5O. The summed E-state index contributed by atoms with van der Waals surface area (Å²) in [6, 6.07) is 11.8. The first-order valence-corrected chi connectivity index (χ1v) is 8.10. The van der Waals surface area contributed by atoms with Gasteiger partial charge in [-0.25, -0.2) is 9.36 Å². The molecule has 0 saturated heterocycles. The molecule has 6 heteroatoms. The van der Waals surface area contributed by atoms with Gasteiger partial charge in [-0.15, -0.1) is 0 Å². The van der Waals surface area contributed by atoms with Crippen LogP contribution in [0.15, 0.2) is 42.6 Å². The van der Waals surface area contributed by atoms with Gasteiger partial charge in [0, 0.05) is 17.3 Å². The van der Waals surface area contributed by atoms with Crippen LogP contribution in [0.2, 0.25) is 0 Å². The molecule has 4 rings (SSSR count). The first-order valence-electron chi connectivity index (χ1n) is 8.10. The van der Waals surface area contributed by atoms with E-state index in [1.54, 1.807) is 6.20 Å². The number of carbonyl (C=O) groups is 1. The standard InChI is InChI=1S/C18H19N5O/c1-12-11-13(2)22(21-12)15-5-3-14(4-6-15)18(24)20-17-9-10-19-23(17)16-7-8-16/h3-6,9-11,16H,7-8H2,1-2H3,(H,20,24). The fourth-order valence-corrected chi connectivity index (χ4v) is 2.86. The molecule has 1 aromatic carbocycles. The Bertz CT molecular complexity index is 887. The quantitative estimate of drug-likeness (QED) is 0.802. The molecule has 1 fully saturated rings. The van der Waals surface area contributed by atoms with Gasteiger partial charge >= 0.3 is 0 Å². The molecule has 0 aliphatic heterocycles. The molecule has 6 nitrogen and oxygen atoms in total. The van der Waals surface area contributed by atoms with Crippen molar-refractivity contribution in [2.45, 2.75) is 32.7 Å². The Morgan fingerprint density at radius 1 is 1.17 bits per heavy atom. The smallest absolute Gasteiger partial charge is 0.256 e. The van der Waals surface area contributed by atoms with Crippen molar-refractivity contribution in [3.8, 4) is 5.69 Å². The van der Waals surface area contributed by atoms with E-state index in [1.807, 2.05) is 59.6 Å². The lowest BCUT2D eigenvalue weighted by Gasteiger charge is -2.09. The van der Waals surface area contributed by atoms with Crippen LogP contribution in [-0.4, -0.2) is 25.5 Å². The lowest BCUT2D eigenvalue weighted by Crippen LogP contribution is -2.15. The maximum Gasteiger partial charge on any atom is 0.256 e. The van der Waals surface area contributed by atoms with Gasteiger partial charge in [0.25, 0.3) is 5.91 Å². The summed E-state index contributed by atoms with van der Waals surface area (Å²) in [6.45, 7) is 3.98. The Morgan fingerprint density at radius 3 is 2.54 bits per heavy atom. The number of benzene rings is 1. The minimum atomic E-state index is -0.127. The number of hydrogen-bond donors (Lipinski definition) is 1. The molecule has 1 aliphatic rings. The van der Waals surface area contributed by atoms with E-state index < -0.39 is 0 Å². The number of hydrogen-bond acceptors (Lipinski definition) is 3. The molecule has 24 heavy (non-hydrogen) atoms. The molecule has 2 aromatic heterocycles. The molecule has 122 valence electrons. The van der Waals surface area contributed by atoms with E-state index in [2.05, 4.69) is 15.5 Å². The topological polar surface area (TPSA) is 64.7 Å². The maximum atomic E-state index is 12.5. The van der Waals surface area contributed by atoms with Crippen molar-refractivity contribution in [1.82, 2.24) is 19.6 Å². The number of carbonyl (C=O) groups excluding carboxylic acids is 1. The second-order valence-electron chi connectivity index (χ2n) is 6.23. The van der Waals surface area contributed by atoms with Gasteiger partial charge < -0.3 is 5.32 Å². The number of rotatable bonds is 4. The van der Waals surface area contributed by atoms with Crippen LogP contribution in [0, 0.1) is 13.8 Å². The summed E-state index contributed by atoms with van der Waals surface area (Å²) < 4.78 is 3.77. The largest absolute Gasteiger partial charge is 0.307 e. The second kappa shape index (κ2) is 5.63. The average molecular weight is 321 g/mol. The van der Waals surface area contributed by atoms with Crippen LogP contribution in [0.25, 0.3) is 5.69 Å². The summed E-state index contributed by atoms with van der Waals surface area (Å²) in [7, 11) is 0. The molecule has 1 amide bonds. The third-order valence-electron chi connectivity index (χ3n) is 4.19. The van der Waals surface area contributed by atoms with Crippen molar-refractivity contribution in [2.24, 2.45) is 0 Å². The fourth-order valence-electron chi connectivity index (χ4n) is 2.86. The van der Waals surface area contributed by atoms with Crippen LogP contribution in [-0.2, 0) is 0 Å². The Labute approximate surface area is 140 Å². The SMILES string of the molecule is Cc1cc(C)n(-c2ccc(C(=O)Nc3ccnn3C3CC3)cc2)n1. The summed E-state index contributed by atoms with van der Waals surface area (Å²) in [6.07, 6.45) is 3.98. The number of aryl methyl sites for hydroxylation is 2. The number of nitrogens with one attached hydrogen (secondary N) is 1. The number of nitrogens with zero attached hydrogens (tertiary/aromatic N) is 4. The molecule has 0 atom stereocenters. The van der Waals surface area contributed by atoms with Gasteiger partial charge in [0.2, 0.25) is 0 Å². The van der Waals surface area contributed by atoms with Crippen LogP contribution < -0.4 is 5.32 Å². The number of amides is 1. The Morgan fingerprint density at radius 2 is 1.92 bits per heavy atom. The first kappa shape index (κ1) is 14.7. The van der Waals surface area contributed by atoms with Crippen molar-refractivity contribution in [3.63, 3.8) is 0 Å². The Hall–Kier alpha value is -2.89. The Kier molecular flexibility index (Phi) is 3.45. The van der Waals surface area contributed by atoms with Gasteiger partial charge in [0.1, 0.15) is 5.82 Å². The molecule has 3 aromatic rings. The molecule has 1 N–H and O–H groups in total. The summed E-state index contributed by atoms with van der Waals surface area (Å²) in [5.74, 6) is 0.627. The lowest BCUT2D eigenvalue weighted by molar-refractivity contribution is 0.102. The summed E-state index contributed by atoms with van der Waals surface area (Å²) in [5, 5.41) is 11.7. The lowest BCUT2D eigenvalue weighted by atomic mass is 10.2. The normalized spacial score (nSPS) is 13.9. The van der Waals surface area contributed by atoms with Gasteiger partial charge in [0.05, 0.1) is 23.6 Å².